The van der Waals surface area contributed by atoms with Crippen LogP contribution in [0.15, 0.2) is 22.7 Å². The van der Waals surface area contributed by atoms with Gasteiger partial charge in [0.2, 0.25) is 17.7 Å². The number of carbonyl (C=O) groups excluding carboxylic acids is 4. The second kappa shape index (κ2) is 12.9. The Morgan fingerprint density at radius 2 is 1.82 bits per heavy atom. The van der Waals surface area contributed by atoms with Crippen LogP contribution in [0.25, 0.3) is 0 Å². The van der Waals surface area contributed by atoms with Crippen molar-refractivity contribution in [2.24, 2.45) is 23.2 Å². The Balaban J connectivity index is 1.91. The van der Waals surface area contributed by atoms with Crippen LogP contribution >= 0.6 is 15.9 Å². The monoisotopic (exact) mass is 679 g/mol. The average Bonchev–Trinajstić information content (AvgIpc) is 3.51. The molecule has 44 heavy (non-hydrogen) atoms. The van der Waals surface area contributed by atoms with E-state index in [2.05, 4.69) is 42.0 Å². The summed E-state index contributed by atoms with van der Waals surface area (Å²) in [7, 11) is 0. The summed E-state index contributed by atoms with van der Waals surface area (Å²) >= 11 is 3.59. The molecule has 11 heteroatoms. The molecule has 4 aliphatic rings. The summed E-state index contributed by atoms with van der Waals surface area (Å²) in [4.78, 5) is 59.3. The van der Waals surface area contributed by atoms with E-state index in [-0.39, 0.29) is 49.3 Å². The van der Waals surface area contributed by atoms with Gasteiger partial charge in [0.25, 0.3) is 0 Å². The Bertz CT molecular complexity index is 1210. The van der Waals surface area contributed by atoms with E-state index in [1.165, 1.54) is 4.90 Å². The number of rotatable bonds is 6. The summed E-state index contributed by atoms with van der Waals surface area (Å²) < 4.78 is 13.0. The number of halogens is 1. The fourth-order valence-corrected chi connectivity index (χ4v) is 8.47. The van der Waals surface area contributed by atoms with Crippen molar-refractivity contribution in [2.75, 3.05) is 19.7 Å². The molecule has 246 valence electrons. The van der Waals surface area contributed by atoms with Gasteiger partial charge in [0.05, 0.1) is 25.1 Å². The van der Waals surface area contributed by atoms with Crippen LogP contribution in [-0.2, 0) is 28.7 Å². The molecule has 0 radical (unpaired) electrons. The summed E-state index contributed by atoms with van der Waals surface area (Å²) in [5.41, 5.74) is -2.18. The minimum Gasteiger partial charge on any atom is -0.460 e. The van der Waals surface area contributed by atoms with Crippen molar-refractivity contribution in [3.05, 3.63) is 22.7 Å². The summed E-state index contributed by atoms with van der Waals surface area (Å²) in [6.45, 7) is 16.1. The first-order valence-electron chi connectivity index (χ1n) is 15.9. The van der Waals surface area contributed by atoms with Crippen LogP contribution in [0.3, 0.4) is 0 Å². The molecule has 0 aromatic rings. The quantitative estimate of drug-likeness (QED) is 0.324. The Morgan fingerprint density at radius 1 is 1.14 bits per heavy atom. The predicted octanol–water partition coefficient (Wildman–Crippen LogP) is 3.71. The molecule has 0 unspecified atom stereocenters. The third kappa shape index (κ3) is 6.38. The van der Waals surface area contributed by atoms with Crippen molar-refractivity contribution in [3.63, 3.8) is 0 Å². The number of allylic oxidation sites excluding steroid dienone is 1. The molecule has 0 aromatic heterocycles. The van der Waals surface area contributed by atoms with Gasteiger partial charge >= 0.3 is 5.97 Å². The van der Waals surface area contributed by atoms with E-state index in [0.29, 0.717) is 23.7 Å². The van der Waals surface area contributed by atoms with Crippen LogP contribution in [0.4, 0.5) is 0 Å². The van der Waals surface area contributed by atoms with Crippen LogP contribution in [0.2, 0.25) is 0 Å². The molecule has 8 atom stereocenters. The molecule has 0 aromatic carbocycles. The number of hydrogen-bond acceptors (Lipinski definition) is 7. The molecule has 10 nitrogen and oxygen atoms in total. The van der Waals surface area contributed by atoms with Gasteiger partial charge in [0, 0.05) is 23.0 Å². The van der Waals surface area contributed by atoms with Gasteiger partial charge in [0.1, 0.15) is 29.8 Å². The normalized spacial score (nSPS) is 34.0. The molecule has 0 aliphatic carbocycles. The number of amides is 3. The SMILES string of the molecule is CC[C@H](C)[C@H](CO)N1C(=O)[C@@H]2[C@H]3C(=O)O[C@@H](C)CNC(=O)CC/C=C\CN(C(C)(C)CC(C)(C)C)C(=O)[C@@H]1[C@]21C=C(Br)[C@H]3O1. The highest BCUT2D eigenvalue weighted by molar-refractivity contribution is 9.11. The maximum absolute atomic E-state index is 15.1. The predicted molar refractivity (Wildman–Crippen MR) is 169 cm³/mol. The summed E-state index contributed by atoms with van der Waals surface area (Å²) in [5.74, 6) is -3.60. The zero-order valence-corrected chi connectivity index (χ0v) is 29.0. The number of aliphatic hydroxyl groups is 1. The molecule has 2 fully saturated rings. The minimum absolute atomic E-state index is 0.119. The number of likely N-dealkylation sites (tertiary alicyclic amines) is 1. The second-order valence-corrected chi connectivity index (χ2v) is 15.7. The number of nitrogens with zero attached hydrogens (tertiary/aromatic N) is 2. The van der Waals surface area contributed by atoms with Crippen molar-refractivity contribution in [1.29, 1.82) is 0 Å². The molecular weight excluding hydrogens is 630 g/mol. The summed E-state index contributed by atoms with van der Waals surface area (Å²) in [6.07, 6.45) is 6.24. The van der Waals surface area contributed by atoms with Crippen LogP contribution < -0.4 is 5.32 Å². The van der Waals surface area contributed by atoms with E-state index < -0.39 is 59.1 Å². The second-order valence-electron chi connectivity index (χ2n) is 14.8. The zero-order valence-electron chi connectivity index (χ0n) is 27.4. The summed E-state index contributed by atoms with van der Waals surface area (Å²) in [6, 6.07) is -1.76. The van der Waals surface area contributed by atoms with Crippen molar-refractivity contribution in [3.8, 4) is 0 Å². The number of ether oxygens (including phenoxy) is 2. The van der Waals surface area contributed by atoms with E-state index in [4.69, 9.17) is 9.47 Å². The highest BCUT2D eigenvalue weighted by atomic mass is 79.9. The van der Waals surface area contributed by atoms with Gasteiger partial charge in [-0.05, 0) is 51.0 Å². The smallest absolute Gasteiger partial charge is 0.313 e. The van der Waals surface area contributed by atoms with Crippen LogP contribution in [0.5, 0.6) is 0 Å². The van der Waals surface area contributed by atoms with E-state index in [9.17, 15) is 19.5 Å². The van der Waals surface area contributed by atoms with Crippen molar-refractivity contribution in [1.82, 2.24) is 15.1 Å². The van der Waals surface area contributed by atoms with Gasteiger partial charge in [-0.15, -0.1) is 0 Å². The number of hydrogen-bond donors (Lipinski definition) is 2. The molecule has 1 spiro atoms. The number of nitrogens with one attached hydrogen (secondary N) is 1. The van der Waals surface area contributed by atoms with Gasteiger partial charge in [0.15, 0.2) is 0 Å². The number of esters is 1. The number of fused-ring (bicyclic) bond motifs is 2. The zero-order chi connectivity index (χ0) is 32.8. The van der Waals surface area contributed by atoms with Crippen molar-refractivity contribution in [2.45, 2.75) is 117 Å². The van der Waals surface area contributed by atoms with Crippen LogP contribution in [-0.4, -0.2) is 93.7 Å². The first kappa shape index (κ1) is 34.6. The Labute approximate surface area is 270 Å². The standard InChI is InChI=1S/C33H50BrN3O7/c1-9-19(2)22(17-38)37-27-29(41)36(32(7,8)18-31(4,5)6)14-12-10-11-13-23(39)35-16-20(3)43-30(42)24-25(28(37)40)33(27)15-21(34)26(24)44-33/h10,12,15,19-20,22,24-27,38H,9,11,13-14,16-18H2,1-8H3,(H,35,39)/b12-10-/t19-,20-,22-,24+,25-,26+,27+,33-/m0/s1. The lowest BCUT2D eigenvalue weighted by Gasteiger charge is -2.46. The Morgan fingerprint density at radius 3 is 2.43 bits per heavy atom. The van der Waals surface area contributed by atoms with Gasteiger partial charge in [-0.3, -0.25) is 19.2 Å². The molecular formula is C33H50BrN3O7. The van der Waals surface area contributed by atoms with Crippen molar-refractivity contribution < 1.29 is 33.8 Å². The molecule has 5 bridgehead atoms. The van der Waals surface area contributed by atoms with Crippen LogP contribution in [0.1, 0.15) is 81.1 Å². The minimum atomic E-state index is -1.42. The number of aliphatic hydroxyl groups excluding tert-OH is 1. The van der Waals surface area contributed by atoms with Gasteiger partial charge in [-0.2, -0.15) is 0 Å². The Kier molecular flexibility index (Phi) is 10.1. The van der Waals surface area contributed by atoms with E-state index in [1.807, 2.05) is 39.8 Å². The van der Waals surface area contributed by atoms with Gasteiger partial charge < -0.3 is 29.7 Å². The lowest BCUT2D eigenvalue weighted by Crippen LogP contribution is -2.63. The molecule has 4 aliphatic heterocycles. The first-order valence-corrected chi connectivity index (χ1v) is 16.7. The molecule has 0 saturated carbocycles. The topological polar surface area (TPSA) is 125 Å². The summed E-state index contributed by atoms with van der Waals surface area (Å²) in [5, 5.41) is 13.5. The van der Waals surface area contributed by atoms with Gasteiger partial charge in [-0.25, -0.2) is 0 Å². The fraction of sp³-hybridized carbons (Fsp3) is 0.758. The maximum atomic E-state index is 15.1. The van der Waals surface area contributed by atoms with E-state index in [0.717, 1.165) is 0 Å². The third-order valence-corrected chi connectivity index (χ3v) is 10.3. The highest BCUT2D eigenvalue weighted by Gasteiger charge is 2.76. The molecule has 4 rings (SSSR count). The molecule has 2 saturated heterocycles. The lowest BCUT2D eigenvalue weighted by atomic mass is 9.74. The fourth-order valence-electron chi connectivity index (χ4n) is 7.73. The lowest BCUT2D eigenvalue weighted by molar-refractivity contribution is -0.160. The highest BCUT2D eigenvalue weighted by Crippen LogP contribution is 2.59. The number of carbonyl (C=O) groups is 4. The number of cyclic esters (lactones) is 1. The first-order chi connectivity index (χ1) is 20.5. The van der Waals surface area contributed by atoms with Crippen molar-refractivity contribution >= 4 is 39.6 Å². The Hall–Kier alpha value is -2.24. The van der Waals surface area contributed by atoms with E-state index >= 15 is 4.79 Å². The van der Waals surface area contributed by atoms with Crippen LogP contribution in [0, 0.1) is 23.2 Å². The van der Waals surface area contributed by atoms with E-state index in [1.54, 1.807) is 17.9 Å². The third-order valence-electron chi connectivity index (χ3n) is 9.57. The molecule has 2 N–H and O–H groups in total. The van der Waals surface area contributed by atoms with Gasteiger partial charge in [-0.1, -0.05) is 69.1 Å². The average molecular weight is 681 g/mol. The molecule has 3 amide bonds. The maximum Gasteiger partial charge on any atom is 0.313 e. The molecule has 4 heterocycles. The largest absolute Gasteiger partial charge is 0.460 e.